The molecule has 2 rings (SSSR count). The number of hydrogen-bond acceptors (Lipinski definition) is 2. The van der Waals surface area contributed by atoms with Crippen molar-refractivity contribution in [2.45, 2.75) is 25.8 Å². The van der Waals surface area contributed by atoms with Gasteiger partial charge in [-0.2, -0.15) is 0 Å². The molecule has 0 aromatic heterocycles. The first kappa shape index (κ1) is 19.4. The highest BCUT2D eigenvalue weighted by atomic mass is 32.1. The van der Waals surface area contributed by atoms with Crippen molar-refractivity contribution in [2.24, 2.45) is 0 Å². The second-order valence-corrected chi connectivity index (χ2v) is 6.86. The molecule has 134 valence electrons. The van der Waals surface area contributed by atoms with Crippen molar-refractivity contribution in [1.82, 2.24) is 15.5 Å². The number of hydrogen-bond donors (Lipinski definition) is 2. The van der Waals surface area contributed by atoms with E-state index in [2.05, 4.69) is 85.1 Å². The van der Waals surface area contributed by atoms with E-state index in [0.29, 0.717) is 11.2 Å². The molecule has 0 radical (unpaired) electrons. The Labute approximate surface area is 157 Å². The molecule has 25 heavy (non-hydrogen) atoms. The fraction of sp³-hybridized carbons (Fsp3) is 0.381. The minimum atomic E-state index is 0.291. The average molecular weight is 356 g/mol. The summed E-state index contributed by atoms with van der Waals surface area (Å²) in [6.45, 7) is 3.81. The van der Waals surface area contributed by atoms with Gasteiger partial charge in [0.1, 0.15) is 0 Å². The van der Waals surface area contributed by atoms with Crippen LogP contribution in [0.4, 0.5) is 0 Å². The van der Waals surface area contributed by atoms with Gasteiger partial charge < -0.3 is 15.5 Å². The van der Waals surface area contributed by atoms with Crippen molar-refractivity contribution in [2.75, 3.05) is 27.2 Å². The zero-order valence-corrected chi connectivity index (χ0v) is 16.3. The third kappa shape index (κ3) is 6.48. The van der Waals surface area contributed by atoms with E-state index < -0.39 is 0 Å². The quantitative estimate of drug-likeness (QED) is 0.708. The van der Waals surface area contributed by atoms with Crippen LogP contribution in [0.25, 0.3) is 0 Å². The molecule has 0 aliphatic heterocycles. The standard InChI is InChI=1S/C21H29N3S/c1-4-17-10-12-19(13-11-17)20(24(2)3)16-23-21(25)22-15-14-18-8-6-5-7-9-18/h5-13,20H,4,14-16H2,1-3H3,(H2,22,23,25)/t20-/m1/s1. The van der Waals surface area contributed by atoms with E-state index in [1.807, 2.05) is 6.07 Å². The van der Waals surface area contributed by atoms with Gasteiger partial charge in [-0.25, -0.2) is 0 Å². The summed E-state index contributed by atoms with van der Waals surface area (Å²) in [5.41, 5.74) is 3.99. The maximum atomic E-state index is 5.42. The van der Waals surface area contributed by atoms with Crippen molar-refractivity contribution in [3.8, 4) is 0 Å². The van der Waals surface area contributed by atoms with Gasteiger partial charge in [0, 0.05) is 13.1 Å². The summed E-state index contributed by atoms with van der Waals surface area (Å²) in [5, 5.41) is 7.37. The number of nitrogens with zero attached hydrogens (tertiary/aromatic N) is 1. The summed E-state index contributed by atoms with van der Waals surface area (Å²) < 4.78 is 0. The van der Waals surface area contributed by atoms with Gasteiger partial charge in [0.05, 0.1) is 6.04 Å². The van der Waals surface area contributed by atoms with Crippen molar-refractivity contribution >= 4 is 17.3 Å². The highest BCUT2D eigenvalue weighted by Gasteiger charge is 2.14. The van der Waals surface area contributed by atoms with Crippen LogP contribution in [0.3, 0.4) is 0 Å². The molecule has 0 amide bonds. The Bertz CT molecular complexity index is 638. The lowest BCUT2D eigenvalue weighted by Crippen LogP contribution is -2.41. The lowest BCUT2D eigenvalue weighted by Gasteiger charge is -2.26. The van der Waals surface area contributed by atoms with Gasteiger partial charge in [0.25, 0.3) is 0 Å². The summed E-state index contributed by atoms with van der Waals surface area (Å²) in [6.07, 6.45) is 2.04. The molecule has 0 heterocycles. The van der Waals surface area contributed by atoms with Crippen LogP contribution in [0.2, 0.25) is 0 Å². The van der Waals surface area contributed by atoms with E-state index in [4.69, 9.17) is 12.2 Å². The van der Waals surface area contributed by atoms with Crippen molar-refractivity contribution in [3.05, 3.63) is 71.3 Å². The normalized spacial score (nSPS) is 12.0. The molecule has 2 N–H and O–H groups in total. The lowest BCUT2D eigenvalue weighted by molar-refractivity contribution is 0.298. The van der Waals surface area contributed by atoms with Crippen molar-refractivity contribution < 1.29 is 0 Å². The number of benzene rings is 2. The Morgan fingerprint density at radius 3 is 2.24 bits per heavy atom. The Morgan fingerprint density at radius 1 is 0.960 bits per heavy atom. The number of nitrogens with one attached hydrogen (secondary N) is 2. The van der Waals surface area contributed by atoms with E-state index in [0.717, 1.165) is 25.9 Å². The Hall–Kier alpha value is -1.91. The second-order valence-electron chi connectivity index (χ2n) is 6.45. The zero-order chi connectivity index (χ0) is 18.1. The van der Waals surface area contributed by atoms with Gasteiger partial charge in [-0.3, -0.25) is 0 Å². The van der Waals surface area contributed by atoms with Crippen LogP contribution < -0.4 is 10.6 Å². The highest BCUT2D eigenvalue weighted by Crippen LogP contribution is 2.18. The predicted molar refractivity (Wildman–Crippen MR) is 111 cm³/mol. The molecular formula is C21H29N3S. The summed E-state index contributed by atoms with van der Waals surface area (Å²) in [5.74, 6) is 0. The molecule has 0 fully saturated rings. The van der Waals surface area contributed by atoms with Gasteiger partial charge in [0.15, 0.2) is 5.11 Å². The second kappa shape index (κ2) is 10.2. The molecular weight excluding hydrogens is 326 g/mol. The third-order valence-electron chi connectivity index (χ3n) is 4.39. The first-order valence-corrected chi connectivity index (χ1v) is 9.32. The zero-order valence-electron chi connectivity index (χ0n) is 15.5. The average Bonchev–Trinajstić information content (AvgIpc) is 2.63. The topological polar surface area (TPSA) is 27.3 Å². The van der Waals surface area contributed by atoms with Crippen LogP contribution in [0.5, 0.6) is 0 Å². The van der Waals surface area contributed by atoms with Crippen LogP contribution in [0, 0.1) is 0 Å². The molecule has 2 aromatic rings. The first-order chi connectivity index (χ1) is 12.1. The first-order valence-electron chi connectivity index (χ1n) is 8.91. The predicted octanol–water partition coefficient (Wildman–Crippen LogP) is 3.56. The molecule has 1 atom stereocenters. The largest absolute Gasteiger partial charge is 0.362 e. The Balaban J connectivity index is 1.80. The monoisotopic (exact) mass is 355 g/mol. The number of aryl methyl sites for hydroxylation is 1. The van der Waals surface area contributed by atoms with Gasteiger partial charge in [-0.1, -0.05) is 61.5 Å². The van der Waals surface area contributed by atoms with Gasteiger partial charge in [-0.05, 0) is 55.8 Å². The molecule has 0 spiro atoms. The van der Waals surface area contributed by atoms with Crippen LogP contribution in [0.1, 0.15) is 29.7 Å². The highest BCUT2D eigenvalue weighted by molar-refractivity contribution is 7.80. The fourth-order valence-electron chi connectivity index (χ4n) is 2.79. The lowest BCUT2D eigenvalue weighted by atomic mass is 10.0. The van der Waals surface area contributed by atoms with Crippen molar-refractivity contribution in [1.29, 1.82) is 0 Å². The van der Waals surface area contributed by atoms with Crippen LogP contribution in [-0.4, -0.2) is 37.2 Å². The minimum Gasteiger partial charge on any atom is -0.362 e. The minimum absolute atomic E-state index is 0.291. The molecule has 0 aliphatic carbocycles. The molecule has 0 saturated heterocycles. The van der Waals surface area contributed by atoms with E-state index in [1.54, 1.807) is 0 Å². The molecule has 0 unspecified atom stereocenters. The summed E-state index contributed by atoms with van der Waals surface area (Å²) in [4.78, 5) is 2.22. The van der Waals surface area contributed by atoms with Crippen LogP contribution in [0.15, 0.2) is 54.6 Å². The van der Waals surface area contributed by atoms with Gasteiger partial charge in [-0.15, -0.1) is 0 Å². The summed E-state index contributed by atoms with van der Waals surface area (Å²) in [6, 6.07) is 19.6. The van der Waals surface area contributed by atoms with E-state index in [-0.39, 0.29) is 0 Å². The fourth-order valence-corrected chi connectivity index (χ4v) is 2.98. The third-order valence-corrected chi connectivity index (χ3v) is 4.68. The Kier molecular flexibility index (Phi) is 7.89. The van der Waals surface area contributed by atoms with E-state index >= 15 is 0 Å². The number of thiocarbonyl (C=S) groups is 1. The molecule has 0 saturated carbocycles. The molecule has 4 heteroatoms. The molecule has 0 bridgehead atoms. The van der Waals surface area contributed by atoms with Crippen LogP contribution in [-0.2, 0) is 12.8 Å². The molecule has 2 aromatic carbocycles. The summed E-state index contributed by atoms with van der Waals surface area (Å²) >= 11 is 5.42. The summed E-state index contributed by atoms with van der Waals surface area (Å²) in [7, 11) is 4.21. The SMILES string of the molecule is CCc1ccc([C@@H](CNC(=S)NCCc2ccccc2)N(C)C)cc1. The van der Waals surface area contributed by atoms with E-state index in [9.17, 15) is 0 Å². The van der Waals surface area contributed by atoms with Gasteiger partial charge in [0.2, 0.25) is 0 Å². The maximum absolute atomic E-state index is 5.42. The maximum Gasteiger partial charge on any atom is 0.166 e. The Morgan fingerprint density at radius 2 is 1.64 bits per heavy atom. The van der Waals surface area contributed by atoms with Gasteiger partial charge >= 0.3 is 0 Å². The molecule has 3 nitrogen and oxygen atoms in total. The van der Waals surface area contributed by atoms with Crippen molar-refractivity contribution in [3.63, 3.8) is 0 Å². The van der Waals surface area contributed by atoms with Crippen LogP contribution >= 0.6 is 12.2 Å². The van der Waals surface area contributed by atoms with E-state index in [1.165, 1.54) is 16.7 Å². The molecule has 0 aliphatic rings. The number of rotatable bonds is 8. The number of likely N-dealkylation sites (N-methyl/N-ethyl adjacent to an activating group) is 1. The smallest absolute Gasteiger partial charge is 0.166 e.